The van der Waals surface area contributed by atoms with Gasteiger partial charge in [0.05, 0.1) is 19.8 Å². The monoisotopic (exact) mass is 1170 g/mol. The Morgan fingerprint density at radius 2 is 0.598 bits per heavy atom. The summed E-state index contributed by atoms with van der Waals surface area (Å²) >= 11 is 0. The first kappa shape index (κ1) is 78.4. The molecule has 0 aromatic carbocycles. The third-order valence-electron chi connectivity index (χ3n) is 13.9. The molecule has 3 atom stereocenters. The highest BCUT2D eigenvalue weighted by Crippen LogP contribution is 2.43. The number of hydrogen-bond donors (Lipinski definition) is 2. The Morgan fingerprint density at radius 3 is 0.915 bits per heavy atom. The highest BCUT2D eigenvalue weighted by Gasteiger charge is 2.28. The first-order valence-corrected chi connectivity index (χ1v) is 34.6. The number of phosphoric acid groups is 1. The van der Waals surface area contributed by atoms with Gasteiger partial charge in [0.15, 0.2) is 6.10 Å². The van der Waals surface area contributed by atoms with Gasteiger partial charge >= 0.3 is 25.7 Å². The molecule has 3 unspecified atom stereocenters. The van der Waals surface area contributed by atoms with E-state index in [1.807, 2.05) is 0 Å². The van der Waals surface area contributed by atoms with E-state index in [-0.39, 0.29) is 25.9 Å². The smallest absolute Gasteiger partial charge is 0.462 e. The maximum absolute atomic E-state index is 13.0. The van der Waals surface area contributed by atoms with Gasteiger partial charge < -0.3 is 24.2 Å². The summed E-state index contributed by atoms with van der Waals surface area (Å²) in [5.41, 5.74) is 0. The Kier molecular flexibility index (Phi) is 60.6. The summed E-state index contributed by atoms with van der Waals surface area (Å²) in [5, 5.41) is 9.86. The van der Waals surface area contributed by atoms with Crippen molar-refractivity contribution in [2.75, 3.05) is 26.4 Å². The lowest BCUT2D eigenvalue weighted by atomic mass is 10.1. The van der Waals surface area contributed by atoms with Crippen molar-refractivity contribution in [3.8, 4) is 0 Å². The number of esters is 3. The maximum Gasteiger partial charge on any atom is 0.472 e. The molecule has 12 heteroatoms. The minimum absolute atomic E-state index is 0.146. The number of phosphoric ester groups is 1. The van der Waals surface area contributed by atoms with Crippen molar-refractivity contribution in [2.45, 2.75) is 303 Å². The van der Waals surface area contributed by atoms with Crippen molar-refractivity contribution in [1.29, 1.82) is 0 Å². The molecule has 0 heterocycles. The van der Waals surface area contributed by atoms with Gasteiger partial charge in [-0.1, -0.05) is 240 Å². The largest absolute Gasteiger partial charge is 0.472 e. The van der Waals surface area contributed by atoms with Crippen LogP contribution in [0.4, 0.5) is 0 Å². The lowest BCUT2D eigenvalue weighted by Gasteiger charge is -2.21. The number of allylic oxidation sites excluding steroid dienone is 16. The van der Waals surface area contributed by atoms with Crippen LogP contribution in [0.1, 0.15) is 290 Å². The van der Waals surface area contributed by atoms with Gasteiger partial charge in [-0.15, -0.1) is 0 Å². The van der Waals surface area contributed by atoms with E-state index >= 15 is 0 Å². The van der Waals surface area contributed by atoms with Gasteiger partial charge in [0.2, 0.25) is 0 Å². The third-order valence-corrected chi connectivity index (χ3v) is 14.9. The van der Waals surface area contributed by atoms with Gasteiger partial charge in [-0.05, 0) is 128 Å². The first-order chi connectivity index (χ1) is 40.2. The van der Waals surface area contributed by atoms with Crippen LogP contribution in [0.15, 0.2) is 97.2 Å². The van der Waals surface area contributed by atoms with Gasteiger partial charge in [0, 0.05) is 19.3 Å². The molecule has 0 rings (SSSR count). The van der Waals surface area contributed by atoms with Crippen LogP contribution < -0.4 is 0 Å². The summed E-state index contributed by atoms with van der Waals surface area (Å²) in [7, 11) is -4.77. The van der Waals surface area contributed by atoms with E-state index in [0.717, 1.165) is 141 Å². The molecule has 2 N–H and O–H groups in total. The van der Waals surface area contributed by atoms with E-state index in [9.17, 15) is 28.9 Å². The number of carbonyl (C=O) groups is 3. The molecule has 0 amide bonds. The quantitative estimate of drug-likeness (QED) is 0.0197. The first-order valence-electron chi connectivity index (χ1n) is 33.1. The molecule has 82 heavy (non-hydrogen) atoms. The molecule has 0 aliphatic heterocycles. The Labute approximate surface area is 502 Å². The van der Waals surface area contributed by atoms with Crippen molar-refractivity contribution in [1.82, 2.24) is 0 Å². The van der Waals surface area contributed by atoms with Crippen LogP contribution in [-0.4, -0.2) is 66.5 Å². The zero-order valence-electron chi connectivity index (χ0n) is 52.4. The molecular formula is C70H121O11P. The average Bonchev–Trinajstić information content (AvgIpc) is 3.47. The molecule has 0 spiro atoms. The van der Waals surface area contributed by atoms with E-state index in [2.05, 4.69) is 118 Å². The summed E-state index contributed by atoms with van der Waals surface area (Å²) in [4.78, 5) is 48.8. The molecule has 0 radical (unpaired) electrons. The zero-order valence-corrected chi connectivity index (χ0v) is 53.3. The molecule has 0 aliphatic rings. The molecule has 0 saturated carbocycles. The van der Waals surface area contributed by atoms with Crippen LogP contribution in [0.3, 0.4) is 0 Å². The Hall–Kier alpha value is -3.60. The van der Waals surface area contributed by atoms with Crippen LogP contribution in [0.25, 0.3) is 0 Å². The Morgan fingerprint density at radius 1 is 0.341 bits per heavy atom. The van der Waals surface area contributed by atoms with Gasteiger partial charge in [-0.3, -0.25) is 23.4 Å². The fourth-order valence-corrected chi connectivity index (χ4v) is 9.66. The predicted molar refractivity (Wildman–Crippen MR) is 344 cm³/mol. The summed E-state index contributed by atoms with van der Waals surface area (Å²) < 4.78 is 39.7. The molecule has 11 nitrogen and oxygen atoms in total. The van der Waals surface area contributed by atoms with E-state index in [1.54, 1.807) is 0 Å². The summed E-state index contributed by atoms with van der Waals surface area (Å²) in [6.07, 6.45) is 76.3. The summed E-state index contributed by atoms with van der Waals surface area (Å²) in [6, 6.07) is 0. The Balaban J connectivity index is 4.76. The van der Waals surface area contributed by atoms with E-state index in [1.165, 1.54) is 89.9 Å². The van der Waals surface area contributed by atoms with Gasteiger partial charge in [-0.25, -0.2) is 4.57 Å². The Bertz CT molecular complexity index is 1750. The summed E-state index contributed by atoms with van der Waals surface area (Å²) in [6.45, 7) is 4.56. The standard InChI is InChI=1S/C70H121O11P/c1-4-7-10-13-16-19-22-25-28-31-33-36-38-41-44-47-50-53-56-59-68(72)77-63-67(81-70(74)61-58-55-52-49-46-43-40-37-34-32-29-26-23-20-17-14-11-8-5-2)65-79-82(75,76)78-64-66(62-71)80-69(73)60-57-54-51-48-45-42-39-35-30-27-24-21-18-15-12-9-6-3/h16-21,25-30,33-34,36-37,66-67,71H,4-15,22-24,31-32,35,38-65H2,1-3H3,(H,75,76)/b19-16-,20-17-,21-18-,28-25-,29-26-,30-27-,36-33-,37-34-. The van der Waals surface area contributed by atoms with Crippen molar-refractivity contribution >= 4 is 25.7 Å². The SMILES string of the molecule is CCCCC/C=C\C/C=C\C/C=C\CCCCCCCCC(=O)OCC(COP(=O)(O)OCC(CO)OC(=O)CCCCCCCCC/C=C\C/C=C\CCCCC)OC(=O)CCCCCCCC/C=C\C/C=C\C/C=C\CCCCC. The van der Waals surface area contributed by atoms with Crippen LogP contribution in [0.5, 0.6) is 0 Å². The van der Waals surface area contributed by atoms with Crippen molar-refractivity contribution in [2.24, 2.45) is 0 Å². The molecular weight excluding hydrogens is 1050 g/mol. The minimum atomic E-state index is -4.77. The van der Waals surface area contributed by atoms with Crippen LogP contribution in [-0.2, 0) is 42.2 Å². The van der Waals surface area contributed by atoms with Crippen molar-refractivity contribution in [3.05, 3.63) is 97.2 Å². The van der Waals surface area contributed by atoms with Crippen LogP contribution >= 0.6 is 7.82 Å². The van der Waals surface area contributed by atoms with Crippen molar-refractivity contribution in [3.63, 3.8) is 0 Å². The highest BCUT2D eigenvalue weighted by atomic mass is 31.2. The number of hydrogen-bond acceptors (Lipinski definition) is 10. The average molecular weight is 1170 g/mol. The third kappa shape index (κ3) is 61.0. The number of carbonyl (C=O) groups excluding carboxylic acids is 3. The van der Waals surface area contributed by atoms with Crippen molar-refractivity contribution < 1.29 is 52.2 Å². The second kappa shape index (κ2) is 63.4. The topological polar surface area (TPSA) is 155 Å². The minimum Gasteiger partial charge on any atom is -0.462 e. The van der Waals surface area contributed by atoms with Gasteiger partial charge in [0.1, 0.15) is 12.7 Å². The number of ether oxygens (including phenoxy) is 3. The lowest BCUT2D eigenvalue weighted by molar-refractivity contribution is -0.161. The molecule has 0 fully saturated rings. The van der Waals surface area contributed by atoms with Gasteiger partial charge in [0.25, 0.3) is 0 Å². The fourth-order valence-electron chi connectivity index (χ4n) is 8.87. The number of aliphatic hydroxyl groups is 1. The molecule has 0 aliphatic carbocycles. The normalized spacial score (nSPS) is 13.9. The maximum atomic E-state index is 13.0. The molecule has 472 valence electrons. The number of unbranched alkanes of at least 4 members (excludes halogenated alkanes) is 28. The molecule has 0 aromatic heterocycles. The van der Waals surface area contributed by atoms with E-state index in [0.29, 0.717) is 19.3 Å². The van der Waals surface area contributed by atoms with E-state index in [4.69, 9.17) is 23.3 Å². The number of aliphatic hydroxyl groups excluding tert-OH is 1. The second-order valence-electron chi connectivity index (χ2n) is 21.9. The highest BCUT2D eigenvalue weighted by molar-refractivity contribution is 7.47. The van der Waals surface area contributed by atoms with Gasteiger partial charge in [-0.2, -0.15) is 0 Å². The fraction of sp³-hybridized carbons (Fsp3) is 0.729. The predicted octanol–water partition coefficient (Wildman–Crippen LogP) is 20.4. The summed E-state index contributed by atoms with van der Waals surface area (Å²) in [5.74, 6) is -1.50. The molecule has 0 saturated heterocycles. The van der Waals surface area contributed by atoms with E-state index < -0.39 is 57.8 Å². The van der Waals surface area contributed by atoms with Crippen LogP contribution in [0.2, 0.25) is 0 Å². The zero-order chi connectivity index (χ0) is 59.8. The molecule has 0 aromatic rings. The number of rotatable bonds is 61. The lowest BCUT2D eigenvalue weighted by Crippen LogP contribution is -2.30. The second-order valence-corrected chi connectivity index (χ2v) is 23.4. The molecule has 0 bridgehead atoms. The van der Waals surface area contributed by atoms with Crippen LogP contribution in [0, 0.1) is 0 Å².